The van der Waals surface area contributed by atoms with E-state index in [1.165, 1.54) is 18.2 Å². The molecule has 0 aliphatic rings. The number of carbonyl (C=O) groups excluding carboxylic acids is 1. The van der Waals surface area contributed by atoms with Crippen LogP contribution in [0.5, 0.6) is 5.75 Å². The van der Waals surface area contributed by atoms with Crippen molar-refractivity contribution in [2.45, 2.75) is 0 Å². The molecule has 0 bridgehead atoms. The Morgan fingerprint density at radius 3 is 2.65 bits per heavy atom. The van der Waals surface area contributed by atoms with Crippen LogP contribution < -0.4 is 10.6 Å². The minimum Gasteiger partial charge on any atom is -0.508 e. The number of rotatable bonds is 5. The van der Waals surface area contributed by atoms with Crippen molar-refractivity contribution in [1.29, 1.82) is 0 Å². The minimum atomic E-state index is -0.503. The molecule has 8 heteroatoms. The summed E-state index contributed by atoms with van der Waals surface area (Å²) in [4.78, 5) is 21.9. The number of aromatic hydroxyl groups is 1. The molecule has 0 spiro atoms. The van der Waals surface area contributed by atoms with Gasteiger partial charge in [-0.25, -0.2) is 0 Å². The van der Waals surface area contributed by atoms with Crippen molar-refractivity contribution in [3.05, 3.63) is 45.8 Å². The highest BCUT2D eigenvalue weighted by molar-refractivity contribution is 7.14. The van der Waals surface area contributed by atoms with Crippen LogP contribution in [-0.2, 0) is 4.79 Å². The van der Waals surface area contributed by atoms with Gasteiger partial charge in [0, 0.05) is 11.8 Å². The van der Waals surface area contributed by atoms with Gasteiger partial charge >= 0.3 is 5.69 Å². The topological polar surface area (TPSA) is 104 Å². The SMILES string of the molecule is O=C(CNc1sccc1[N+](=O)[O-])Nc1ccc(O)cc1. The predicted molar refractivity (Wildman–Crippen MR) is 76.2 cm³/mol. The van der Waals surface area contributed by atoms with Crippen molar-refractivity contribution in [2.75, 3.05) is 17.2 Å². The first-order valence-corrected chi connectivity index (χ1v) is 6.49. The number of nitrogens with zero attached hydrogens (tertiary/aromatic N) is 1. The monoisotopic (exact) mass is 293 g/mol. The normalized spacial score (nSPS) is 10.0. The number of hydrogen-bond acceptors (Lipinski definition) is 6. The number of thiophene rings is 1. The number of phenolic OH excluding ortho intramolecular Hbond substituents is 1. The third-order valence-corrected chi connectivity index (χ3v) is 3.26. The molecule has 2 aromatic rings. The molecule has 0 aliphatic carbocycles. The van der Waals surface area contributed by atoms with Gasteiger partial charge in [0.15, 0.2) is 5.00 Å². The van der Waals surface area contributed by atoms with Gasteiger partial charge in [0.2, 0.25) is 5.91 Å². The van der Waals surface area contributed by atoms with Crippen molar-refractivity contribution in [3.63, 3.8) is 0 Å². The average molecular weight is 293 g/mol. The molecule has 0 saturated carbocycles. The molecule has 1 amide bonds. The lowest BCUT2D eigenvalue weighted by Crippen LogP contribution is -2.21. The Hall–Kier alpha value is -2.61. The Labute approximate surface area is 118 Å². The van der Waals surface area contributed by atoms with E-state index in [2.05, 4.69) is 10.6 Å². The van der Waals surface area contributed by atoms with Gasteiger partial charge in [-0.1, -0.05) is 0 Å². The molecule has 0 unspecified atom stereocenters. The number of nitrogens with one attached hydrogen (secondary N) is 2. The lowest BCUT2D eigenvalue weighted by atomic mass is 10.3. The van der Waals surface area contributed by atoms with Crippen LogP contribution in [0.2, 0.25) is 0 Å². The second kappa shape index (κ2) is 6.02. The van der Waals surface area contributed by atoms with Crippen molar-refractivity contribution >= 4 is 33.6 Å². The highest BCUT2D eigenvalue weighted by Crippen LogP contribution is 2.29. The zero-order valence-corrected chi connectivity index (χ0v) is 11.0. The number of hydrogen-bond donors (Lipinski definition) is 3. The predicted octanol–water partition coefficient (Wildman–Crippen LogP) is 2.41. The molecule has 3 N–H and O–H groups in total. The van der Waals surface area contributed by atoms with Crippen LogP contribution in [-0.4, -0.2) is 22.5 Å². The smallest absolute Gasteiger partial charge is 0.303 e. The van der Waals surface area contributed by atoms with E-state index in [1.807, 2.05) is 0 Å². The zero-order chi connectivity index (χ0) is 14.5. The van der Waals surface area contributed by atoms with Gasteiger partial charge in [0.1, 0.15) is 5.75 Å². The maximum Gasteiger partial charge on any atom is 0.303 e. The molecule has 0 radical (unpaired) electrons. The third-order valence-electron chi connectivity index (χ3n) is 2.40. The third kappa shape index (κ3) is 3.45. The lowest BCUT2D eigenvalue weighted by molar-refractivity contribution is -0.383. The quantitative estimate of drug-likeness (QED) is 0.446. The van der Waals surface area contributed by atoms with Gasteiger partial charge in [-0.05, 0) is 29.6 Å². The highest BCUT2D eigenvalue weighted by Gasteiger charge is 2.15. The average Bonchev–Trinajstić information content (AvgIpc) is 2.88. The van der Waals surface area contributed by atoms with E-state index in [9.17, 15) is 14.9 Å². The minimum absolute atomic E-state index is 0.0487. The summed E-state index contributed by atoms with van der Waals surface area (Å²) in [6.45, 7) is -0.0811. The van der Waals surface area contributed by atoms with E-state index >= 15 is 0 Å². The van der Waals surface area contributed by atoms with Gasteiger partial charge in [0.25, 0.3) is 0 Å². The second-order valence-electron chi connectivity index (χ2n) is 3.84. The van der Waals surface area contributed by atoms with E-state index in [4.69, 9.17) is 5.11 Å². The molecule has 0 atom stereocenters. The summed E-state index contributed by atoms with van der Waals surface area (Å²) in [5.41, 5.74) is 0.489. The number of benzene rings is 1. The van der Waals surface area contributed by atoms with Gasteiger partial charge in [-0.15, -0.1) is 11.3 Å². The lowest BCUT2D eigenvalue weighted by Gasteiger charge is -2.06. The van der Waals surface area contributed by atoms with E-state index in [0.29, 0.717) is 10.7 Å². The van der Waals surface area contributed by atoms with E-state index in [-0.39, 0.29) is 23.9 Å². The van der Waals surface area contributed by atoms with Crippen molar-refractivity contribution < 1.29 is 14.8 Å². The first-order chi connectivity index (χ1) is 9.56. The summed E-state index contributed by atoms with van der Waals surface area (Å²) in [6.07, 6.45) is 0. The van der Waals surface area contributed by atoms with E-state index < -0.39 is 4.92 Å². The van der Waals surface area contributed by atoms with Crippen molar-refractivity contribution in [1.82, 2.24) is 0 Å². The van der Waals surface area contributed by atoms with Gasteiger partial charge in [0.05, 0.1) is 11.5 Å². The Bertz CT molecular complexity index is 624. The number of nitro groups is 1. The molecule has 0 fully saturated rings. The summed E-state index contributed by atoms with van der Waals surface area (Å²) < 4.78 is 0. The Morgan fingerprint density at radius 2 is 2.00 bits per heavy atom. The summed E-state index contributed by atoms with van der Waals surface area (Å²) in [5.74, 6) is -0.228. The van der Waals surface area contributed by atoms with Gasteiger partial charge in [-0.2, -0.15) is 0 Å². The van der Waals surface area contributed by atoms with Crippen molar-refractivity contribution in [3.8, 4) is 5.75 Å². The first kappa shape index (κ1) is 13.8. The fraction of sp³-hybridized carbons (Fsp3) is 0.0833. The molecule has 104 valence electrons. The molecule has 0 aliphatic heterocycles. The maximum atomic E-state index is 11.7. The summed E-state index contributed by atoms with van der Waals surface area (Å²) >= 11 is 1.16. The molecule has 7 nitrogen and oxygen atoms in total. The molecule has 1 aromatic carbocycles. The number of amides is 1. The molecule has 2 rings (SSSR count). The molecule has 1 aromatic heterocycles. The van der Waals surface area contributed by atoms with Crippen LogP contribution in [0.1, 0.15) is 0 Å². The van der Waals surface area contributed by atoms with Crippen LogP contribution in [0.4, 0.5) is 16.4 Å². The maximum absolute atomic E-state index is 11.7. The number of phenols is 1. The Morgan fingerprint density at radius 1 is 1.30 bits per heavy atom. The molecule has 0 saturated heterocycles. The first-order valence-electron chi connectivity index (χ1n) is 5.61. The fourth-order valence-corrected chi connectivity index (χ4v) is 2.24. The summed E-state index contributed by atoms with van der Waals surface area (Å²) in [5, 5.41) is 27.1. The fourth-order valence-electron chi connectivity index (χ4n) is 1.49. The molecule has 20 heavy (non-hydrogen) atoms. The highest BCUT2D eigenvalue weighted by atomic mass is 32.1. The largest absolute Gasteiger partial charge is 0.508 e. The van der Waals surface area contributed by atoms with E-state index in [0.717, 1.165) is 11.3 Å². The number of anilines is 2. The molecule has 1 heterocycles. The Balaban J connectivity index is 1.90. The van der Waals surface area contributed by atoms with Crippen LogP contribution >= 0.6 is 11.3 Å². The standard InChI is InChI=1S/C12H11N3O4S/c16-9-3-1-8(2-4-9)14-11(17)7-13-12-10(15(18)19)5-6-20-12/h1-6,13,16H,7H2,(H,14,17). The Kier molecular flexibility index (Phi) is 4.16. The molecular formula is C12H11N3O4S. The second-order valence-corrected chi connectivity index (χ2v) is 4.76. The van der Waals surface area contributed by atoms with E-state index in [1.54, 1.807) is 17.5 Å². The van der Waals surface area contributed by atoms with Gasteiger partial charge < -0.3 is 15.7 Å². The number of carbonyl (C=O) groups is 1. The zero-order valence-electron chi connectivity index (χ0n) is 10.2. The van der Waals surface area contributed by atoms with Crippen LogP contribution in [0.15, 0.2) is 35.7 Å². The van der Waals surface area contributed by atoms with Crippen molar-refractivity contribution in [2.24, 2.45) is 0 Å². The van der Waals surface area contributed by atoms with Gasteiger partial charge in [-0.3, -0.25) is 14.9 Å². The van der Waals surface area contributed by atoms with Crippen LogP contribution in [0.25, 0.3) is 0 Å². The summed E-state index contributed by atoms with van der Waals surface area (Å²) in [6, 6.07) is 7.40. The van der Waals surface area contributed by atoms with Crippen LogP contribution in [0, 0.1) is 10.1 Å². The molecular weight excluding hydrogens is 282 g/mol. The van der Waals surface area contributed by atoms with Crippen LogP contribution in [0.3, 0.4) is 0 Å². The summed E-state index contributed by atoms with van der Waals surface area (Å²) in [7, 11) is 0.